The smallest absolute Gasteiger partial charge is 0.297 e. The number of rotatable bonds is 5. The molecule has 2 aliphatic rings. The first-order chi connectivity index (χ1) is 15.4. The quantitative estimate of drug-likeness (QED) is 0.597. The summed E-state index contributed by atoms with van der Waals surface area (Å²) in [7, 11) is 0. The van der Waals surface area contributed by atoms with E-state index in [-0.39, 0.29) is 43.4 Å². The van der Waals surface area contributed by atoms with E-state index in [1.54, 1.807) is 24.4 Å². The van der Waals surface area contributed by atoms with Crippen LogP contribution in [0.2, 0.25) is 0 Å². The van der Waals surface area contributed by atoms with Crippen LogP contribution in [0.15, 0.2) is 35.2 Å². The lowest BCUT2D eigenvalue weighted by Gasteiger charge is -2.29. The number of hydrogen-bond donors (Lipinski definition) is 1. The highest BCUT2D eigenvalue weighted by Crippen LogP contribution is 2.31. The molecule has 2 aromatic heterocycles. The third kappa shape index (κ3) is 3.43. The van der Waals surface area contributed by atoms with Crippen molar-refractivity contribution < 1.29 is 27.6 Å². The minimum atomic E-state index is -2.78. The summed E-state index contributed by atoms with van der Waals surface area (Å²) in [5.41, 5.74) is 2.44. The number of amides is 3. The van der Waals surface area contributed by atoms with E-state index in [2.05, 4.69) is 20.6 Å². The van der Waals surface area contributed by atoms with E-state index in [9.17, 15) is 23.2 Å². The Hall–Kier alpha value is -3.96. The largest absolute Gasteiger partial charge is 0.442 e. The molecular formula is C20H16F2N6O4. The minimum Gasteiger partial charge on any atom is -0.442 e. The third-order valence-corrected chi connectivity index (χ3v) is 5.54. The molecule has 1 fully saturated rings. The lowest BCUT2D eigenvalue weighted by atomic mass is 10.0. The molecule has 3 aromatic rings. The van der Waals surface area contributed by atoms with Crippen LogP contribution >= 0.6 is 0 Å². The van der Waals surface area contributed by atoms with Crippen molar-refractivity contribution in [1.29, 1.82) is 0 Å². The number of aromatic nitrogens is 4. The molecule has 0 saturated carbocycles. The van der Waals surface area contributed by atoms with Gasteiger partial charge >= 0.3 is 0 Å². The van der Waals surface area contributed by atoms with E-state index in [4.69, 9.17) is 4.42 Å². The fourth-order valence-corrected chi connectivity index (χ4v) is 3.97. The van der Waals surface area contributed by atoms with Gasteiger partial charge in [-0.25, -0.2) is 18.4 Å². The second kappa shape index (κ2) is 7.62. The van der Waals surface area contributed by atoms with Crippen molar-refractivity contribution in [1.82, 2.24) is 30.2 Å². The molecule has 32 heavy (non-hydrogen) atoms. The first-order valence-corrected chi connectivity index (χ1v) is 9.79. The van der Waals surface area contributed by atoms with Gasteiger partial charge in [-0.05, 0) is 24.1 Å². The number of carbonyl (C=O) groups is 3. The van der Waals surface area contributed by atoms with Crippen LogP contribution in [-0.4, -0.2) is 48.6 Å². The molecule has 0 bridgehead atoms. The minimum absolute atomic E-state index is 0.0319. The monoisotopic (exact) mass is 442 g/mol. The number of piperidine rings is 1. The maximum Gasteiger partial charge on any atom is 0.297 e. The summed E-state index contributed by atoms with van der Waals surface area (Å²) in [5, 5.41) is 10.3. The van der Waals surface area contributed by atoms with Gasteiger partial charge in [0.15, 0.2) is 12.2 Å². The van der Waals surface area contributed by atoms with Gasteiger partial charge in [0, 0.05) is 24.1 Å². The maximum absolute atomic E-state index is 12.9. The molecule has 0 spiro atoms. The van der Waals surface area contributed by atoms with Crippen LogP contribution < -0.4 is 5.32 Å². The van der Waals surface area contributed by atoms with Crippen molar-refractivity contribution in [2.24, 2.45) is 0 Å². The van der Waals surface area contributed by atoms with Gasteiger partial charge in [-0.15, -0.1) is 5.10 Å². The highest BCUT2D eigenvalue weighted by molar-refractivity contribution is 6.05. The zero-order chi connectivity index (χ0) is 22.4. The first-order valence-electron chi connectivity index (χ1n) is 9.79. The lowest BCUT2D eigenvalue weighted by Crippen LogP contribution is -2.52. The Kier molecular flexibility index (Phi) is 4.76. The Morgan fingerprint density at radius 1 is 1.25 bits per heavy atom. The Bertz CT molecular complexity index is 1240. The number of benzene rings is 1. The van der Waals surface area contributed by atoms with Gasteiger partial charge in [0.2, 0.25) is 11.8 Å². The Morgan fingerprint density at radius 2 is 2.09 bits per heavy atom. The number of halogens is 2. The third-order valence-electron chi connectivity index (χ3n) is 5.54. The molecule has 10 nitrogen and oxygen atoms in total. The van der Waals surface area contributed by atoms with Gasteiger partial charge in [-0.1, -0.05) is 11.3 Å². The van der Waals surface area contributed by atoms with Gasteiger partial charge in [0.25, 0.3) is 12.3 Å². The van der Waals surface area contributed by atoms with Gasteiger partial charge in [-0.3, -0.25) is 19.7 Å². The van der Waals surface area contributed by atoms with Crippen LogP contribution in [0.3, 0.4) is 0 Å². The maximum atomic E-state index is 12.9. The van der Waals surface area contributed by atoms with Crippen molar-refractivity contribution in [2.75, 3.05) is 0 Å². The normalized spacial score (nSPS) is 18.4. The molecular weight excluding hydrogens is 426 g/mol. The molecule has 1 saturated heterocycles. The van der Waals surface area contributed by atoms with Crippen LogP contribution in [0, 0.1) is 0 Å². The van der Waals surface area contributed by atoms with Gasteiger partial charge in [0.05, 0.1) is 12.7 Å². The Morgan fingerprint density at radius 3 is 2.88 bits per heavy atom. The lowest BCUT2D eigenvalue weighted by molar-refractivity contribution is -0.136. The van der Waals surface area contributed by atoms with E-state index < -0.39 is 24.1 Å². The standard InChI is InChI=1S/C20H16F2N6O4/c21-18(22)17-14(23-9-32-17)8-27-7-13(25-26-27)10-1-2-12-11(5-10)6-28(20(12)31)15-3-4-16(29)24-19(15)30/h1-2,5,7,9,15,18H,3-4,6,8H2,(H,24,29,30). The van der Waals surface area contributed by atoms with E-state index in [1.165, 1.54) is 9.58 Å². The average molecular weight is 442 g/mol. The van der Waals surface area contributed by atoms with Crippen LogP contribution in [0.1, 0.15) is 46.6 Å². The number of nitrogens with one attached hydrogen (secondary N) is 1. The van der Waals surface area contributed by atoms with Crippen molar-refractivity contribution in [3.63, 3.8) is 0 Å². The fourth-order valence-electron chi connectivity index (χ4n) is 3.97. The molecule has 164 valence electrons. The van der Waals surface area contributed by atoms with E-state index in [0.717, 1.165) is 12.0 Å². The predicted octanol–water partition coefficient (Wildman–Crippen LogP) is 1.68. The summed E-state index contributed by atoms with van der Waals surface area (Å²) < 4.78 is 32.0. The summed E-state index contributed by atoms with van der Waals surface area (Å²) in [5.74, 6) is -1.59. The van der Waals surface area contributed by atoms with E-state index in [1.807, 2.05) is 0 Å². The first kappa shape index (κ1) is 20.0. The highest BCUT2D eigenvalue weighted by Gasteiger charge is 2.39. The molecule has 0 aliphatic carbocycles. The number of hydrogen-bond acceptors (Lipinski definition) is 7. The molecule has 1 aromatic carbocycles. The Labute approximate surface area is 179 Å². The molecule has 4 heterocycles. The van der Waals surface area contributed by atoms with Crippen LogP contribution in [0.4, 0.5) is 8.78 Å². The number of imide groups is 1. The molecule has 12 heteroatoms. The van der Waals surface area contributed by atoms with Gasteiger partial charge in [-0.2, -0.15) is 0 Å². The van der Waals surface area contributed by atoms with Crippen LogP contribution in [0.25, 0.3) is 11.3 Å². The summed E-state index contributed by atoms with van der Waals surface area (Å²) in [4.78, 5) is 41.6. The highest BCUT2D eigenvalue weighted by atomic mass is 19.3. The van der Waals surface area contributed by atoms with Crippen LogP contribution in [0.5, 0.6) is 0 Å². The Balaban J connectivity index is 1.35. The molecule has 1 N–H and O–H groups in total. The predicted molar refractivity (Wildman–Crippen MR) is 102 cm³/mol. The summed E-state index contributed by atoms with van der Waals surface area (Å²) in [6.45, 7) is 0.203. The van der Waals surface area contributed by atoms with Gasteiger partial charge in [0.1, 0.15) is 17.4 Å². The average Bonchev–Trinajstić information content (AvgIpc) is 3.48. The molecule has 5 rings (SSSR count). The van der Waals surface area contributed by atoms with Crippen molar-refractivity contribution in [3.05, 3.63) is 53.4 Å². The molecule has 1 atom stereocenters. The molecule has 0 radical (unpaired) electrons. The summed E-state index contributed by atoms with van der Waals surface area (Å²) >= 11 is 0. The number of oxazole rings is 1. The zero-order valence-electron chi connectivity index (χ0n) is 16.5. The van der Waals surface area contributed by atoms with Crippen molar-refractivity contribution in [3.8, 4) is 11.3 Å². The SMILES string of the molecule is O=C1CCC(N2Cc3cc(-c4cn(Cc5ncoc5C(F)F)nn4)ccc3C2=O)C(=O)N1. The van der Waals surface area contributed by atoms with Crippen molar-refractivity contribution in [2.45, 2.75) is 38.4 Å². The number of nitrogens with zero attached hydrogens (tertiary/aromatic N) is 5. The molecule has 3 amide bonds. The molecule has 1 unspecified atom stereocenters. The van der Waals surface area contributed by atoms with Crippen molar-refractivity contribution >= 4 is 17.7 Å². The fraction of sp³-hybridized carbons (Fsp3) is 0.300. The second-order valence-electron chi connectivity index (χ2n) is 7.54. The van der Waals surface area contributed by atoms with Gasteiger partial charge < -0.3 is 9.32 Å². The molecule has 2 aliphatic heterocycles. The van der Waals surface area contributed by atoms with Crippen LogP contribution in [-0.2, 0) is 22.7 Å². The summed E-state index contributed by atoms with van der Waals surface area (Å²) in [6, 6.07) is 4.46. The number of carbonyl (C=O) groups excluding carboxylic acids is 3. The summed E-state index contributed by atoms with van der Waals surface area (Å²) in [6.07, 6.45) is 0.232. The number of fused-ring (bicyclic) bond motifs is 1. The topological polar surface area (TPSA) is 123 Å². The number of alkyl halides is 2. The zero-order valence-corrected chi connectivity index (χ0v) is 16.5. The van der Waals surface area contributed by atoms with E-state index >= 15 is 0 Å². The van der Waals surface area contributed by atoms with E-state index in [0.29, 0.717) is 16.8 Å². The second-order valence-corrected chi connectivity index (χ2v) is 7.54.